The van der Waals surface area contributed by atoms with Crippen molar-refractivity contribution in [2.24, 2.45) is 11.8 Å². The van der Waals surface area contributed by atoms with Gasteiger partial charge in [-0.25, -0.2) is 4.98 Å². The predicted octanol–water partition coefficient (Wildman–Crippen LogP) is 5.22. The Labute approximate surface area is 246 Å². The van der Waals surface area contributed by atoms with Crippen LogP contribution in [0.15, 0.2) is 34.1 Å². The molecule has 6 rings (SSSR count). The number of hydrogen-bond acceptors (Lipinski definition) is 6. The summed E-state index contributed by atoms with van der Waals surface area (Å²) in [6.45, 7) is 9.70. The van der Waals surface area contributed by atoms with Crippen LogP contribution in [0.3, 0.4) is 0 Å². The first-order chi connectivity index (χ1) is 19.8. The summed E-state index contributed by atoms with van der Waals surface area (Å²) < 4.78 is 8.22. The molecule has 2 saturated carbocycles. The van der Waals surface area contributed by atoms with Gasteiger partial charge in [-0.15, -0.1) is 11.8 Å². The minimum atomic E-state index is -0.166. The van der Waals surface area contributed by atoms with Crippen LogP contribution >= 0.6 is 11.8 Å². The highest BCUT2D eigenvalue weighted by molar-refractivity contribution is 7.98. The molecule has 3 fully saturated rings. The molecule has 8 nitrogen and oxygen atoms in total. The smallest absolute Gasteiger partial charge is 0.254 e. The molecule has 41 heavy (non-hydrogen) atoms. The molecule has 2 aliphatic carbocycles. The maximum Gasteiger partial charge on any atom is 0.254 e. The van der Waals surface area contributed by atoms with Crippen molar-refractivity contribution in [3.8, 4) is 0 Å². The van der Waals surface area contributed by atoms with Gasteiger partial charge in [0.05, 0.1) is 18.3 Å². The van der Waals surface area contributed by atoms with Gasteiger partial charge in [-0.2, -0.15) is 0 Å². The lowest BCUT2D eigenvalue weighted by atomic mass is 9.80. The number of carbonyl (C=O) groups is 1. The summed E-state index contributed by atoms with van der Waals surface area (Å²) in [5.41, 5.74) is 3.71. The fourth-order valence-corrected chi connectivity index (χ4v) is 7.72. The molecule has 2 N–H and O–H groups in total. The third kappa shape index (κ3) is 5.86. The molecule has 0 spiro atoms. The second-order valence-electron chi connectivity index (χ2n) is 12.4. The van der Waals surface area contributed by atoms with Crippen LogP contribution in [0.25, 0.3) is 11.0 Å². The van der Waals surface area contributed by atoms with Crippen LogP contribution in [0, 0.1) is 25.7 Å². The molecule has 0 radical (unpaired) electrons. The second-order valence-corrected chi connectivity index (χ2v) is 13.2. The summed E-state index contributed by atoms with van der Waals surface area (Å²) in [5.74, 6) is 1.10. The number of hydrogen-bond donors (Lipinski definition) is 2. The van der Waals surface area contributed by atoms with E-state index < -0.39 is 0 Å². The molecular formula is C32H43N5O3S. The number of H-pyrrole nitrogens is 1. The second kappa shape index (κ2) is 11.9. The lowest BCUT2D eigenvalue weighted by Gasteiger charge is -2.47. The van der Waals surface area contributed by atoms with Gasteiger partial charge in [-0.3, -0.25) is 14.5 Å². The average molecular weight is 578 g/mol. The van der Waals surface area contributed by atoms with E-state index >= 15 is 0 Å². The van der Waals surface area contributed by atoms with Crippen LogP contribution in [0.1, 0.15) is 78.8 Å². The Morgan fingerprint density at radius 3 is 2.66 bits per heavy atom. The number of thioether (sulfide) groups is 1. The zero-order valence-corrected chi connectivity index (χ0v) is 25.6. The largest absolute Gasteiger partial charge is 0.378 e. The van der Waals surface area contributed by atoms with Gasteiger partial charge in [-0.05, 0) is 89.7 Å². The van der Waals surface area contributed by atoms with Gasteiger partial charge in [0.1, 0.15) is 5.65 Å². The summed E-state index contributed by atoms with van der Waals surface area (Å²) in [6, 6.07) is 6.77. The molecule has 3 aromatic rings. The first-order valence-corrected chi connectivity index (χ1v) is 16.4. The molecule has 0 aromatic carbocycles. The summed E-state index contributed by atoms with van der Waals surface area (Å²) in [5, 5.41) is 3.91. The van der Waals surface area contributed by atoms with Crippen molar-refractivity contribution in [2.45, 2.75) is 88.9 Å². The number of aromatic nitrogens is 3. The first-order valence-electron chi connectivity index (χ1n) is 15.2. The zero-order valence-electron chi connectivity index (χ0n) is 24.7. The summed E-state index contributed by atoms with van der Waals surface area (Å²) >= 11 is 1.52. The van der Waals surface area contributed by atoms with Gasteiger partial charge >= 0.3 is 0 Å². The van der Waals surface area contributed by atoms with E-state index in [1.165, 1.54) is 63.4 Å². The van der Waals surface area contributed by atoms with E-state index in [0.29, 0.717) is 35.1 Å². The number of rotatable bonds is 10. The normalized spacial score (nSPS) is 22.5. The molecule has 1 atom stereocenters. The van der Waals surface area contributed by atoms with E-state index in [0.717, 1.165) is 33.9 Å². The van der Waals surface area contributed by atoms with Crippen molar-refractivity contribution in [2.75, 3.05) is 26.0 Å². The Balaban J connectivity index is 1.13. The number of aryl methyl sites for hydroxylation is 1. The minimum absolute atomic E-state index is 0.153. The zero-order chi connectivity index (χ0) is 28.7. The van der Waals surface area contributed by atoms with Crippen molar-refractivity contribution >= 4 is 28.7 Å². The lowest BCUT2D eigenvalue weighted by molar-refractivity contribution is -0.0257. The number of likely N-dealkylation sites (tertiary alicyclic amines) is 1. The van der Waals surface area contributed by atoms with E-state index in [2.05, 4.69) is 26.7 Å². The van der Waals surface area contributed by atoms with Crippen molar-refractivity contribution < 1.29 is 9.53 Å². The van der Waals surface area contributed by atoms with Crippen molar-refractivity contribution in [3.63, 3.8) is 0 Å². The SMILES string of the molecule is CSc1cc(C)[nH]c(=O)c1CNC(=O)c1c(C)n([C@H](C)C2CCC(N3CC(COC4CC4)C3)CC2)c2ncccc12. The quantitative estimate of drug-likeness (QED) is 0.321. The van der Waals surface area contributed by atoms with Crippen molar-refractivity contribution in [1.82, 2.24) is 24.8 Å². The Bertz CT molecular complexity index is 1460. The van der Waals surface area contributed by atoms with Gasteiger partial charge in [0, 0.05) is 71.1 Å². The molecule has 3 aliphatic rings. The molecule has 9 heteroatoms. The lowest BCUT2D eigenvalue weighted by Crippen LogP contribution is -2.54. The summed E-state index contributed by atoms with van der Waals surface area (Å²) in [7, 11) is 0. The van der Waals surface area contributed by atoms with Crippen LogP contribution in [0.4, 0.5) is 0 Å². The van der Waals surface area contributed by atoms with Gasteiger partial charge < -0.3 is 19.6 Å². The molecule has 0 unspecified atom stereocenters. The standard InChI is InChI=1S/C32H43N5O3S/c1-19-14-28(41-4)27(31(38)35-19)15-34-32(39)29-21(3)37(30-26(29)6-5-13-33-30)20(2)23-7-9-24(10-8-23)36-16-22(17-36)18-40-25-11-12-25/h5-6,13-14,20,22-25H,7-12,15-18H2,1-4H3,(H,34,39)(H,35,38)/t20-,23?,24?/m1/s1. The highest BCUT2D eigenvalue weighted by Gasteiger charge is 2.37. The summed E-state index contributed by atoms with van der Waals surface area (Å²) in [4.78, 5) is 37.4. The molecule has 1 aliphatic heterocycles. The van der Waals surface area contributed by atoms with Gasteiger partial charge in [0.25, 0.3) is 11.5 Å². The topological polar surface area (TPSA) is 92.2 Å². The molecular weight excluding hydrogens is 534 g/mol. The maximum atomic E-state index is 13.6. The monoisotopic (exact) mass is 577 g/mol. The van der Waals surface area contributed by atoms with Crippen LogP contribution < -0.4 is 10.9 Å². The number of fused-ring (bicyclic) bond motifs is 1. The Hall–Kier alpha value is -2.62. The van der Waals surface area contributed by atoms with E-state index in [9.17, 15) is 9.59 Å². The molecule has 1 saturated heterocycles. The van der Waals surface area contributed by atoms with E-state index in [-0.39, 0.29) is 24.1 Å². The predicted molar refractivity (Wildman–Crippen MR) is 164 cm³/mol. The third-order valence-corrected chi connectivity index (χ3v) is 10.3. The maximum absolute atomic E-state index is 13.6. The van der Waals surface area contributed by atoms with Crippen LogP contribution in [-0.2, 0) is 11.3 Å². The van der Waals surface area contributed by atoms with Crippen LogP contribution in [0.5, 0.6) is 0 Å². The van der Waals surface area contributed by atoms with Crippen molar-refractivity contribution in [1.29, 1.82) is 0 Å². The number of ether oxygens (including phenoxy) is 1. The van der Waals surface area contributed by atoms with E-state index in [1.807, 2.05) is 44.5 Å². The molecule has 1 amide bonds. The number of pyridine rings is 2. The van der Waals surface area contributed by atoms with Crippen molar-refractivity contribution in [3.05, 3.63) is 57.3 Å². The average Bonchev–Trinajstić information content (AvgIpc) is 3.72. The molecule has 220 valence electrons. The van der Waals surface area contributed by atoms with E-state index in [4.69, 9.17) is 9.72 Å². The number of nitrogens with one attached hydrogen (secondary N) is 2. The number of nitrogens with zero attached hydrogens (tertiary/aromatic N) is 3. The Kier molecular flexibility index (Phi) is 8.30. The molecule has 4 heterocycles. The number of aromatic amines is 1. The van der Waals surface area contributed by atoms with Crippen LogP contribution in [-0.4, -0.2) is 63.4 Å². The number of amides is 1. The highest BCUT2D eigenvalue weighted by atomic mass is 32.2. The molecule has 3 aromatic heterocycles. The fraction of sp³-hybridized carbons (Fsp3) is 0.594. The Morgan fingerprint density at radius 1 is 1.20 bits per heavy atom. The van der Waals surface area contributed by atoms with Gasteiger partial charge in [-0.1, -0.05) is 0 Å². The van der Waals surface area contributed by atoms with E-state index in [1.54, 1.807) is 0 Å². The first kappa shape index (κ1) is 28.5. The van der Waals surface area contributed by atoms with Gasteiger partial charge in [0.15, 0.2) is 0 Å². The Morgan fingerprint density at radius 2 is 1.95 bits per heavy atom. The third-order valence-electron chi connectivity index (χ3n) is 9.53. The minimum Gasteiger partial charge on any atom is -0.378 e. The summed E-state index contributed by atoms with van der Waals surface area (Å²) in [6.07, 6.45) is 11.7. The van der Waals surface area contributed by atoms with Crippen LogP contribution in [0.2, 0.25) is 0 Å². The number of carbonyl (C=O) groups excluding carboxylic acids is 1. The van der Waals surface area contributed by atoms with Gasteiger partial charge in [0.2, 0.25) is 0 Å². The highest BCUT2D eigenvalue weighted by Crippen LogP contribution is 2.39. The molecule has 0 bridgehead atoms. The fourth-order valence-electron chi connectivity index (χ4n) is 7.02.